The number of allylic oxidation sites excluding steroid dienone is 14. The number of carbonyl (C=O) groups excluding carboxylic acids is 4. The Bertz CT molecular complexity index is 2390. The van der Waals surface area contributed by atoms with Crippen LogP contribution in [0, 0.1) is 0 Å². The molecule has 0 heterocycles. The Balaban J connectivity index is 5.51. The maximum Gasteiger partial charge on any atom is 0.472 e. The van der Waals surface area contributed by atoms with E-state index in [1.165, 1.54) is 57.8 Å². The first-order chi connectivity index (χ1) is 50.5. The molecule has 0 aliphatic rings. The van der Waals surface area contributed by atoms with Crippen molar-refractivity contribution >= 4 is 39.5 Å². The van der Waals surface area contributed by atoms with Crippen LogP contribution in [-0.4, -0.2) is 119 Å². The molecule has 5 N–H and O–H groups in total. The highest BCUT2D eigenvalue weighted by Crippen LogP contribution is 2.45. The maximum atomic E-state index is 13.1. The Morgan fingerprint density at radius 2 is 0.577 bits per heavy atom. The molecule has 4 unspecified atom stereocenters. The number of ether oxygens (including phenoxy) is 4. The molecule has 21 nitrogen and oxygen atoms in total. The summed E-state index contributed by atoms with van der Waals surface area (Å²) in [5.74, 6) is -2.37. The largest absolute Gasteiger partial charge is 0.472 e. The van der Waals surface area contributed by atoms with Crippen molar-refractivity contribution in [2.24, 2.45) is 0 Å². The third-order valence-electron chi connectivity index (χ3n) is 16.8. The van der Waals surface area contributed by atoms with Gasteiger partial charge in [0.2, 0.25) is 0 Å². The minimum absolute atomic E-state index is 0.0389. The Labute approximate surface area is 627 Å². The molecule has 0 aromatic carbocycles. The summed E-state index contributed by atoms with van der Waals surface area (Å²) in [5, 5.41) is 29.3. The second kappa shape index (κ2) is 74.3. The highest BCUT2D eigenvalue weighted by molar-refractivity contribution is 7.47. The van der Waals surface area contributed by atoms with Gasteiger partial charge in [0, 0.05) is 32.1 Å². The van der Waals surface area contributed by atoms with E-state index in [1.54, 1.807) is 12.2 Å². The van der Waals surface area contributed by atoms with E-state index in [0.29, 0.717) is 38.5 Å². The standard InChI is InChI=1S/C81H142O21P2/c1-5-9-13-17-20-23-26-29-32-35-38-41-44-50-56-62-78(83)93-69-76(99-80(85)64-58-52-45-42-39-36-33-30-27-24-21-18-14-10-6-2)71-97-103(89,90)95-67-73(82)68-96-104(91,92)98-72-77(100-81(86)65-59-53-46-43-40-37-34-31-28-25-22-19-15-11-7-3)70-94-79(84)63-57-51-48-47-49-55-61-75(102-88)66-74(101-87)60-54-16-12-8-4/h20-25,29-34,54-55,60-61,73-77,82,87-88H,5-19,26-28,35-53,56-59,62-72H2,1-4H3,(H,89,90)(H,91,92)/b23-20-,24-21-,25-22-,32-29-,33-30-,34-31-,60-54+,61-55+/t73-,74?,75?,76+,77+/m0/s1. The molecule has 7 atom stereocenters. The predicted molar refractivity (Wildman–Crippen MR) is 414 cm³/mol. The zero-order valence-electron chi connectivity index (χ0n) is 64.6. The average molecular weight is 1510 g/mol. The molecule has 0 saturated carbocycles. The smallest absolute Gasteiger partial charge is 0.462 e. The predicted octanol–water partition coefficient (Wildman–Crippen LogP) is 21.7. The minimum atomic E-state index is -5.03. The molecule has 0 aliphatic carbocycles. The number of hydrogen-bond donors (Lipinski definition) is 5. The van der Waals surface area contributed by atoms with Crippen LogP contribution in [-0.2, 0) is 75.1 Å². The lowest BCUT2D eigenvalue weighted by atomic mass is 10.1. The van der Waals surface area contributed by atoms with Gasteiger partial charge in [-0.3, -0.25) is 47.8 Å². The molecule has 0 aromatic heterocycles. The summed E-state index contributed by atoms with van der Waals surface area (Å²) in [4.78, 5) is 82.1. The number of phosphoric ester groups is 2. The molecule has 0 amide bonds. The van der Waals surface area contributed by atoms with Crippen LogP contribution in [0.25, 0.3) is 0 Å². The molecule has 0 saturated heterocycles. The number of aliphatic hydroxyl groups excluding tert-OH is 1. The number of unbranched alkanes of at least 4 members (excludes halogenated alkanes) is 30. The summed E-state index contributed by atoms with van der Waals surface area (Å²) in [6.07, 6.45) is 68.0. The molecule has 104 heavy (non-hydrogen) atoms. The monoisotopic (exact) mass is 1510 g/mol. The van der Waals surface area contributed by atoms with E-state index < -0.39 is 110 Å². The Morgan fingerprint density at radius 3 is 0.885 bits per heavy atom. The van der Waals surface area contributed by atoms with Crippen LogP contribution in [0.5, 0.6) is 0 Å². The van der Waals surface area contributed by atoms with Crippen molar-refractivity contribution in [2.75, 3.05) is 39.6 Å². The van der Waals surface area contributed by atoms with Crippen molar-refractivity contribution in [2.45, 2.75) is 354 Å². The normalized spacial score (nSPS) is 15.0. The van der Waals surface area contributed by atoms with Crippen molar-refractivity contribution in [3.05, 3.63) is 97.2 Å². The molecule has 0 rings (SSSR count). The number of rotatable bonds is 76. The molecule has 23 heteroatoms. The van der Waals surface area contributed by atoms with E-state index in [1.807, 2.05) is 12.2 Å². The summed E-state index contributed by atoms with van der Waals surface area (Å²) in [6, 6.07) is 0. The lowest BCUT2D eigenvalue weighted by molar-refractivity contribution is -0.297. The van der Waals surface area contributed by atoms with Gasteiger partial charge in [-0.15, -0.1) is 0 Å². The molecule has 602 valence electrons. The third-order valence-corrected chi connectivity index (χ3v) is 18.7. The molecule has 0 radical (unpaired) electrons. The Kier molecular flexibility index (Phi) is 71.3. The maximum absolute atomic E-state index is 13.1. The van der Waals surface area contributed by atoms with Crippen molar-refractivity contribution in [3.8, 4) is 0 Å². The second-order valence-corrected chi connectivity index (χ2v) is 29.7. The zero-order valence-corrected chi connectivity index (χ0v) is 66.3. The van der Waals surface area contributed by atoms with Gasteiger partial charge in [0.25, 0.3) is 0 Å². The number of hydrogen-bond acceptors (Lipinski definition) is 19. The molecule has 0 spiro atoms. The summed E-state index contributed by atoms with van der Waals surface area (Å²) < 4.78 is 68.5. The van der Waals surface area contributed by atoms with Gasteiger partial charge in [-0.25, -0.2) is 18.9 Å². The number of carbonyl (C=O) groups is 4. The average Bonchev–Trinajstić information content (AvgIpc) is 0.940. The van der Waals surface area contributed by atoms with Crippen molar-refractivity contribution in [1.29, 1.82) is 0 Å². The van der Waals surface area contributed by atoms with Gasteiger partial charge < -0.3 is 33.8 Å². The third kappa shape index (κ3) is 70.8. The fraction of sp³-hybridized carbons (Fsp3) is 0.753. The molecule has 0 aliphatic heterocycles. The van der Waals surface area contributed by atoms with E-state index in [2.05, 4.69) is 110 Å². The lowest BCUT2D eigenvalue weighted by Crippen LogP contribution is -2.30. The van der Waals surface area contributed by atoms with Gasteiger partial charge in [0.15, 0.2) is 12.2 Å². The molecule has 0 bridgehead atoms. The molecular weight excluding hydrogens is 1370 g/mol. The Morgan fingerprint density at radius 1 is 0.317 bits per heavy atom. The summed E-state index contributed by atoms with van der Waals surface area (Å²) in [5.41, 5.74) is 0. The highest BCUT2D eigenvalue weighted by atomic mass is 31.2. The van der Waals surface area contributed by atoms with Gasteiger partial charge in [0.05, 0.1) is 26.4 Å². The van der Waals surface area contributed by atoms with Gasteiger partial charge >= 0.3 is 39.5 Å². The fourth-order valence-corrected chi connectivity index (χ4v) is 12.1. The quantitative estimate of drug-likeness (QED) is 0.00719. The number of esters is 4. The van der Waals surface area contributed by atoms with Gasteiger partial charge in [0.1, 0.15) is 31.5 Å². The number of phosphoric acid groups is 2. The van der Waals surface area contributed by atoms with Crippen LogP contribution in [0.4, 0.5) is 0 Å². The molecule has 0 fully saturated rings. The van der Waals surface area contributed by atoms with Gasteiger partial charge in [-0.1, -0.05) is 247 Å². The van der Waals surface area contributed by atoms with Gasteiger partial charge in [-0.2, -0.15) is 0 Å². The highest BCUT2D eigenvalue weighted by Gasteiger charge is 2.30. The minimum Gasteiger partial charge on any atom is -0.462 e. The summed E-state index contributed by atoms with van der Waals surface area (Å²) >= 11 is 0. The zero-order chi connectivity index (χ0) is 76.4. The van der Waals surface area contributed by atoms with Crippen LogP contribution >= 0.6 is 15.6 Å². The van der Waals surface area contributed by atoms with Crippen LogP contribution in [0.15, 0.2) is 97.2 Å². The summed E-state index contributed by atoms with van der Waals surface area (Å²) in [6.45, 7) is 4.40. The van der Waals surface area contributed by atoms with E-state index in [4.69, 9.17) is 37.0 Å². The van der Waals surface area contributed by atoms with Crippen molar-refractivity contribution in [3.63, 3.8) is 0 Å². The molecular formula is C81H142O21P2. The SMILES string of the molecule is CCCC/C=C/C(CC(/C=C/CCCCCCC(=O)OC[C@H](COP(=O)(O)OC[C@@H](O)COP(=O)(O)OC[C@@H](COC(=O)CCCCCCC/C=C\C/C=C\CCCCC)OC(=O)CCCCCCC/C=C\C/C=C\CCCCC)OC(=O)CCCCCCC/C=C\C/C=C\CCCCC)OO)OO. The van der Waals surface area contributed by atoms with Gasteiger partial charge in [-0.05, 0) is 141 Å². The van der Waals surface area contributed by atoms with Crippen molar-refractivity contribution < 1.29 is 101 Å². The number of aliphatic hydroxyl groups is 1. The van der Waals surface area contributed by atoms with E-state index in [9.17, 15) is 53.7 Å². The van der Waals surface area contributed by atoms with Crippen molar-refractivity contribution in [1.82, 2.24) is 0 Å². The Hall–Kier alpha value is -4.18. The van der Waals surface area contributed by atoms with Crippen LogP contribution in [0.2, 0.25) is 0 Å². The summed E-state index contributed by atoms with van der Waals surface area (Å²) in [7, 11) is -10.0. The van der Waals surface area contributed by atoms with Crippen LogP contribution in [0.1, 0.15) is 323 Å². The lowest BCUT2D eigenvalue weighted by Gasteiger charge is -2.21. The van der Waals surface area contributed by atoms with E-state index in [-0.39, 0.29) is 32.1 Å². The van der Waals surface area contributed by atoms with Crippen LogP contribution < -0.4 is 0 Å². The van der Waals surface area contributed by atoms with Crippen LogP contribution in [0.3, 0.4) is 0 Å². The van der Waals surface area contributed by atoms with E-state index in [0.717, 1.165) is 167 Å². The first kappa shape index (κ1) is 99.8. The first-order valence-electron chi connectivity index (χ1n) is 40.0. The topological polar surface area (TPSA) is 296 Å². The second-order valence-electron chi connectivity index (χ2n) is 26.8. The van der Waals surface area contributed by atoms with E-state index >= 15 is 0 Å². The first-order valence-corrected chi connectivity index (χ1v) is 43.0. The molecule has 0 aromatic rings. The fourth-order valence-electron chi connectivity index (χ4n) is 10.6.